The molecule has 1 rings (SSSR count). The number of aryl methyl sites for hydroxylation is 2. The van der Waals surface area contributed by atoms with Crippen molar-refractivity contribution < 1.29 is 9.84 Å². The van der Waals surface area contributed by atoms with E-state index in [0.29, 0.717) is 5.88 Å². The molecule has 0 aliphatic heterocycles. The van der Waals surface area contributed by atoms with Crippen LogP contribution < -0.4 is 4.74 Å². The first kappa shape index (κ1) is 12.0. The quantitative estimate of drug-likeness (QED) is 0.811. The van der Waals surface area contributed by atoms with Crippen molar-refractivity contribution in [3.8, 4) is 5.88 Å². The zero-order valence-electron chi connectivity index (χ0n) is 9.95. The largest absolute Gasteiger partial charge is 0.481 e. The molecular formula is C11H20N2O2. The summed E-state index contributed by atoms with van der Waals surface area (Å²) in [6.45, 7) is 4.01. The Labute approximate surface area is 90.9 Å². The maximum absolute atomic E-state index is 10.0. The van der Waals surface area contributed by atoms with Crippen LogP contribution in [0.5, 0.6) is 5.88 Å². The minimum Gasteiger partial charge on any atom is -0.481 e. The van der Waals surface area contributed by atoms with Crippen molar-refractivity contribution in [2.75, 3.05) is 7.11 Å². The van der Waals surface area contributed by atoms with Crippen molar-refractivity contribution in [3.05, 3.63) is 11.3 Å². The molecule has 0 amide bonds. The summed E-state index contributed by atoms with van der Waals surface area (Å²) in [5, 5.41) is 14.3. The number of unbranched alkanes of at least 4 members (excludes halogenated alkanes) is 1. The summed E-state index contributed by atoms with van der Waals surface area (Å²) in [6, 6.07) is 0. The van der Waals surface area contributed by atoms with Gasteiger partial charge in [-0.15, -0.1) is 0 Å². The molecule has 1 atom stereocenters. The molecule has 0 aliphatic carbocycles. The van der Waals surface area contributed by atoms with Gasteiger partial charge in [0.15, 0.2) is 0 Å². The third-order valence-electron chi connectivity index (χ3n) is 2.57. The molecule has 0 fully saturated rings. The number of methoxy groups -OCH3 is 1. The Morgan fingerprint density at radius 1 is 1.53 bits per heavy atom. The van der Waals surface area contributed by atoms with E-state index in [1.165, 1.54) is 0 Å². The van der Waals surface area contributed by atoms with Gasteiger partial charge in [-0.1, -0.05) is 19.8 Å². The molecule has 1 heterocycles. The van der Waals surface area contributed by atoms with Gasteiger partial charge in [0, 0.05) is 7.05 Å². The Morgan fingerprint density at radius 2 is 2.20 bits per heavy atom. The molecule has 1 aromatic heterocycles. The molecule has 1 N–H and O–H groups in total. The fourth-order valence-corrected chi connectivity index (χ4v) is 1.82. The molecular weight excluding hydrogens is 192 g/mol. The van der Waals surface area contributed by atoms with Crippen LogP contribution in [0.3, 0.4) is 0 Å². The minimum atomic E-state index is -0.464. The Bertz CT molecular complexity index is 321. The minimum absolute atomic E-state index is 0.464. The van der Waals surface area contributed by atoms with Gasteiger partial charge in [-0.2, -0.15) is 5.10 Å². The number of aliphatic hydroxyl groups is 1. The summed E-state index contributed by atoms with van der Waals surface area (Å²) in [4.78, 5) is 0. The van der Waals surface area contributed by atoms with Crippen molar-refractivity contribution >= 4 is 0 Å². The average molecular weight is 212 g/mol. The van der Waals surface area contributed by atoms with Crippen molar-refractivity contribution in [2.24, 2.45) is 7.05 Å². The van der Waals surface area contributed by atoms with Gasteiger partial charge in [0.2, 0.25) is 5.88 Å². The number of rotatable bonds is 5. The summed E-state index contributed by atoms with van der Waals surface area (Å²) in [5.74, 6) is 0.663. The lowest BCUT2D eigenvalue weighted by Gasteiger charge is -2.11. The summed E-state index contributed by atoms with van der Waals surface area (Å²) >= 11 is 0. The highest BCUT2D eigenvalue weighted by atomic mass is 16.5. The summed E-state index contributed by atoms with van der Waals surface area (Å²) < 4.78 is 6.91. The smallest absolute Gasteiger partial charge is 0.217 e. The monoisotopic (exact) mass is 212 g/mol. The SMILES string of the molecule is CCCCC(O)c1c(C)nn(C)c1OC. The Morgan fingerprint density at radius 3 is 2.73 bits per heavy atom. The highest BCUT2D eigenvalue weighted by molar-refractivity contribution is 5.33. The second-order valence-electron chi connectivity index (χ2n) is 3.79. The van der Waals surface area contributed by atoms with E-state index < -0.39 is 6.10 Å². The van der Waals surface area contributed by atoms with Gasteiger partial charge in [-0.05, 0) is 13.3 Å². The number of aromatic nitrogens is 2. The van der Waals surface area contributed by atoms with Crippen molar-refractivity contribution in [3.63, 3.8) is 0 Å². The van der Waals surface area contributed by atoms with Gasteiger partial charge < -0.3 is 9.84 Å². The fraction of sp³-hybridized carbons (Fsp3) is 0.727. The second kappa shape index (κ2) is 5.16. The molecule has 0 radical (unpaired) electrons. The molecule has 1 unspecified atom stereocenters. The summed E-state index contributed by atoms with van der Waals surface area (Å²) in [5.41, 5.74) is 1.67. The predicted octanol–water partition coefficient (Wildman–Crippen LogP) is 1.96. The number of aliphatic hydroxyl groups excluding tert-OH is 1. The van der Waals surface area contributed by atoms with Crippen LogP contribution in [0.2, 0.25) is 0 Å². The van der Waals surface area contributed by atoms with Crippen molar-refractivity contribution in [1.29, 1.82) is 0 Å². The third kappa shape index (κ3) is 2.50. The number of nitrogens with zero attached hydrogens (tertiary/aromatic N) is 2. The lowest BCUT2D eigenvalue weighted by molar-refractivity contribution is 0.159. The van der Waals surface area contributed by atoms with Gasteiger partial charge in [0.25, 0.3) is 0 Å². The van der Waals surface area contributed by atoms with E-state index in [0.717, 1.165) is 30.5 Å². The Balaban J connectivity index is 2.91. The van der Waals surface area contributed by atoms with Gasteiger partial charge in [0.05, 0.1) is 24.5 Å². The molecule has 1 aromatic rings. The van der Waals surface area contributed by atoms with E-state index in [9.17, 15) is 5.11 Å². The Hall–Kier alpha value is -1.03. The predicted molar refractivity (Wildman–Crippen MR) is 59.0 cm³/mol. The van der Waals surface area contributed by atoms with Gasteiger partial charge >= 0.3 is 0 Å². The van der Waals surface area contributed by atoms with E-state index in [-0.39, 0.29) is 0 Å². The Kier molecular flexibility index (Phi) is 4.15. The summed E-state index contributed by atoms with van der Waals surface area (Å²) in [6.07, 6.45) is 2.39. The van der Waals surface area contributed by atoms with E-state index in [1.54, 1.807) is 11.8 Å². The second-order valence-corrected chi connectivity index (χ2v) is 3.79. The van der Waals surface area contributed by atoms with Gasteiger partial charge in [-0.25, -0.2) is 4.68 Å². The molecule has 0 saturated carbocycles. The average Bonchev–Trinajstić information content (AvgIpc) is 2.49. The number of hydrogen-bond donors (Lipinski definition) is 1. The van der Waals surface area contributed by atoms with Crippen molar-refractivity contribution in [1.82, 2.24) is 9.78 Å². The molecule has 0 saturated heterocycles. The van der Waals surface area contributed by atoms with Crippen LogP contribution in [-0.4, -0.2) is 22.0 Å². The molecule has 15 heavy (non-hydrogen) atoms. The number of hydrogen-bond acceptors (Lipinski definition) is 3. The molecule has 0 spiro atoms. The van der Waals surface area contributed by atoms with E-state index in [2.05, 4.69) is 12.0 Å². The van der Waals surface area contributed by atoms with Gasteiger partial charge in [0.1, 0.15) is 0 Å². The molecule has 4 heteroatoms. The lowest BCUT2D eigenvalue weighted by Crippen LogP contribution is -2.02. The first-order valence-electron chi connectivity index (χ1n) is 5.37. The van der Waals surface area contributed by atoms with Crippen LogP contribution in [0.15, 0.2) is 0 Å². The standard InChI is InChI=1S/C11H20N2O2/c1-5-6-7-9(14)10-8(2)12-13(3)11(10)15-4/h9,14H,5-7H2,1-4H3. The third-order valence-corrected chi connectivity index (χ3v) is 2.57. The first-order chi connectivity index (χ1) is 7.11. The maximum atomic E-state index is 10.0. The van der Waals surface area contributed by atoms with E-state index >= 15 is 0 Å². The normalized spacial score (nSPS) is 12.9. The van der Waals surface area contributed by atoms with Crippen LogP contribution in [-0.2, 0) is 7.05 Å². The fourth-order valence-electron chi connectivity index (χ4n) is 1.82. The van der Waals surface area contributed by atoms with E-state index in [4.69, 9.17) is 4.74 Å². The van der Waals surface area contributed by atoms with Gasteiger partial charge in [-0.3, -0.25) is 0 Å². The molecule has 0 bridgehead atoms. The highest BCUT2D eigenvalue weighted by Gasteiger charge is 2.20. The molecule has 4 nitrogen and oxygen atoms in total. The lowest BCUT2D eigenvalue weighted by atomic mass is 10.0. The first-order valence-corrected chi connectivity index (χ1v) is 5.37. The topological polar surface area (TPSA) is 47.3 Å². The zero-order valence-corrected chi connectivity index (χ0v) is 9.95. The molecule has 86 valence electrons. The van der Waals surface area contributed by atoms with E-state index in [1.807, 2.05) is 14.0 Å². The highest BCUT2D eigenvalue weighted by Crippen LogP contribution is 2.30. The van der Waals surface area contributed by atoms with Crippen LogP contribution in [0.25, 0.3) is 0 Å². The maximum Gasteiger partial charge on any atom is 0.217 e. The summed E-state index contributed by atoms with van der Waals surface area (Å²) in [7, 11) is 3.42. The van der Waals surface area contributed by atoms with Crippen LogP contribution in [0, 0.1) is 6.92 Å². The molecule has 0 aromatic carbocycles. The van der Waals surface area contributed by atoms with Crippen molar-refractivity contribution in [2.45, 2.75) is 39.2 Å². The molecule has 0 aliphatic rings. The van der Waals surface area contributed by atoms with Crippen LogP contribution in [0.1, 0.15) is 43.5 Å². The van der Waals surface area contributed by atoms with Crippen LogP contribution >= 0.6 is 0 Å². The van der Waals surface area contributed by atoms with Crippen LogP contribution in [0.4, 0.5) is 0 Å². The number of ether oxygens (including phenoxy) is 1. The zero-order chi connectivity index (χ0) is 11.4.